The lowest BCUT2D eigenvalue weighted by Crippen LogP contribution is -2.14. The fraction of sp³-hybridized carbons (Fsp3) is 0.211. The normalized spacial score (nSPS) is 21.2. The van der Waals surface area contributed by atoms with E-state index in [1.54, 1.807) is 0 Å². The second-order valence-electron chi connectivity index (χ2n) is 6.03. The molecule has 4 rings (SSSR count). The van der Waals surface area contributed by atoms with Crippen LogP contribution in [0.25, 0.3) is 0 Å². The van der Waals surface area contributed by atoms with Gasteiger partial charge in [-0.2, -0.15) is 0 Å². The molecule has 116 valence electrons. The summed E-state index contributed by atoms with van der Waals surface area (Å²) in [5, 5.41) is 3.06. The van der Waals surface area contributed by atoms with Gasteiger partial charge in [-0.05, 0) is 47.7 Å². The van der Waals surface area contributed by atoms with Gasteiger partial charge < -0.3 is 5.32 Å². The van der Waals surface area contributed by atoms with Gasteiger partial charge in [0, 0.05) is 23.1 Å². The summed E-state index contributed by atoms with van der Waals surface area (Å²) >= 11 is 12.2. The third kappa shape index (κ3) is 2.37. The van der Waals surface area contributed by atoms with Gasteiger partial charge in [0.2, 0.25) is 0 Å². The third-order valence-electron chi connectivity index (χ3n) is 4.86. The molecule has 23 heavy (non-hydrogen) atoms. The molecule has 2 aromatic rings. The highest BCUT2D eigenvalue weighted by atomic mass is 35.5. The molecule has 2 aliphatic rings. The predicted octanol–water partition coefficient (Wildman–Crippen LogP) is 5.60. The van der Waals surface area contributed by atoms with Crippen LogP contribution in [-0.2, 0) is 0 Å². The number of benzene rings is 2. The van der Waals surface area contributed by atoms with Gasteiger partial charge in [-0.25, -0.2) is 0 Å². The first kappa shape index (κ1) is 14.8. The number of rotatable bonds is 2. The number of carbonyl (C=O) groups is 1. The number of amides is 1. The van der Waals surface area contributed by atoms with Crippen molar-refractivity contribution in [3.8, 4) is 0 Å². The highest BCUT2D eigenvalue weighted by molar-refractivity contribution is 6.56. The zero-order valence-electron chi connectivity index (χ0n) is 12.4. The van der Waals surface area contributed by atoms with E-state index in [4.69, 9.17) is 23.2 Å². The molecule has 0 heterocycles. The highest BCUT2D eigenvalue weighted by Gasteiger charge is 2.44. The van der Waals surface area contributed by atoms with Crippen LogP contribution in [0.15, 0.2) is 58.6 Å². The maximum absolute atomic E-state index is 12.5. The fourth-order valence-electron chi connectivity index (χ4n) is 3.94. The number of halogens is 2. The summed E-state index contributed by atoms with van der Waals surface area (Å²) in [7, 11) is 0. The van der Waals surface area contributed by atoms with E-state index in [9.17, 15) is 4.79 Å². The number of anilines is 1. The molecular formula is C19H15Cl2NO. The second kappa shape index (κ2) is 5.70. The van der Waals surface area contributed by atoms with Crippen LogP contribution in [0.1, 0.15) is 46.2 Å². The van der Waals surface area contributed by atoms with Crippen LogP contribution in [-0.4, -0.2) is 5.91 Å². The Morgan fingerprint density at radius 1 is 0.957 bits per heavy atom. The number of allylic oxidation sites excluding steroid dienone is 1. The van der Waals surface area contributed by atoms with Crippen molar-refractivity contribution < 1.29 is 4.79 Å². The van der Waals surface area contributed by atoms with E-state index in [0.29, 0.717) is 16.0 Å². The van der Waals surface area contributed by atoms with Crippen LogP contribution in [0, 0.1) is 0 Å². The molecular weight excluding hydrogens is 329 g/mol. The summed E-state index contributed by atoms with van der Waals surface area (Å²) in [4.78, 5) is 12.5. The standard InChI is InChI=1S/C19H15Cl2NO/c20-18(21)17-13-9-10-14(17)16-12(13)7-4-8-15(16)22-19(23)11-5-2-1-3-6-11/h1-8,13-14H,9-10H2,(H,22,23). The Kier molecular flexibility index (Phi) is 3.67. The fourth-order valence-corrected chi connectivity index (χ4v) is 4.47. The van der Waals surface area contributed by atoms with E-state index >= 15 is 0 Å². The molecule has 4 heteroatoms. The van der Waals surface area contributed by atoms with Crippen LogP contribution in [0.2, 0.25) is 0 Å². The van der Waals surface area contributed by atoms with Crippen LogP contribution in [0.5, 0.6) is 0 Å². The van der Waals surface area contributed by atoms with Crippen molar-refractivity contribution in [2.24, 2.45) is 0 Å². The maximum atomic E-state index is 12.5. The van der Waals surface area contributed by atoms with E-state index in [2.05, 4.69) is 11.4 Å². The molecule has 2 unspecified atom stereocenters. The molecule has 1 saturated carbocycles. The first-order valence-electron chi connectivity index (χ1n) is 7.71. The summed E-state index contributed by atoms with van der Waals surface area (Å²) in [6.45, 7) is 0. The van der Waals surface area contributed by atoms with Gasteiger partial charge in [0.15, 0.2) is 0 Å². The van der Waals surface area contributed by atoms with Crippen LogP contribution in [0.3, 0.4) is 0 Å². The Balaban J connectivity index is 1.72. The zero-order valence-corrected chi connectivity index (χ0v) is 13.9. The molecule has 0 spiro atoms. The summed E-state index contributed by atoms with van der Waals surface area (Å²) in [6, 6.07) is 15.3. The van der Waals surface area contributed by atoms with Crippen LogP contribution >= 0.6 is 23.2 Å². The molecule has 0 aromatic heterocycles. The molecule has 2 aromatic carbocycles. The SMILES string of the molecule is O=C(Nc1cccc2c1C1CCC2C1=C(Cl)Cl)c1ccccc1. The molecule has 2 aliphatic carbocycles. The van der Waals surface area contributed by atoms with Crippen molar-refractivity contribution in [2.45, 2.75) is 24.7 Å². The van der Waals surface area contributed by atoms with Crippen molar-refractivity contribution in [1.82, 2.24) is 0 Å². The minimum absolute atomic E-state index is 0.0933. The largest absolute Gasteiger partial charge is 0.322 e. The molecule has 1 fully saturated rings. The molecule has 2 atom stereocenters. The van der Waals surface area contributed by atoms with E-state index in [1.807, 2.05) is 42.5 Å². The van der Waals surface area contributed by atoms with Gasteiger partial charge >= 0.3 is 0 Å². The first-order chi connectivity index (χ1) is 11.2. The van der Waals surface area contributed by atoms with E-state index in [1.165, 1.54) is 11.1 Å². The number of hydrogen-bond acceptors (Lipinski definition) is 1. The number of nitrogens with one attached hydrogen (secondary N) is 1. The lowest BCUT2D eigenvalue weighted by Gasteiger charge is -2.18. The quantitative estimate of drug-likeness (QED) is 0.755. The minimum atomic E-state index is -0.0933. The molecule has 2 nitrogen and oxygen atoms in total. The van der Waals surface area contributed by atoms with Crippen molar-refractivity contribution in [1.29, 1.82) is 0 Å². The van der Waals surface area contributed by atoms with Gasteiger partial charge in [-0.1, -0.05) is 53.5 Å². The van der Waals surface area contributed by atoms with Crippen molar-refractivity contribution in [3.63, 3.8) is 0 Å². The lowest BCUT2D eigenvalue weighted by atomic mass is 9.90. The zero-order chi connectivity index (χ0) is 16.0. The third-order valence-corrected chi connectivity index (χ3v) is 5.30. The molecule has 0 saturated heterocycles. The van der Waals surface area contributed by atoms with E-state index in [-0.39, 0.29) is 11.8 Å². The summed E-state index contributed by atoms with van der Waals surface area (Å²) < 4.78 is 0.383. The predicted molar refractivity (Wildman–Crippen MR) is 94.3 cm³/mol. The average molecular weight is 344 g/mol. The van der Waals surface area contributed by atoms with Gasteiger partial charge in [0.05, 0.1) is 0 Å². The Labute approximate surface area is 145 Å². The maximum Gasteiger partial charge on any atom is 0.255 e. The van der Waals surface area contributed by atoms with Crippen LogP contribution < -0.4 is 5.32 Å². The smallest absolute Gasteiger partial charge is 0.255 e. The van der Waals surface area contributed by atoms with Crippen molar-refractivity contribution >= 4 is 34.8 Å². The molecule has 1 amide bonds. The number of fused-ring (bicyclic) bond motifs is 5. The monoisotopic (exact) mass is 343 g/mol. The first-order valence-corrected chi connectivity index (χ1v) is 8.46. The van der Waals surface area contributed by atoms with Gasteiger partial charge in [-0.3, -0.25) is 4.79 Å². The molecule has 1 N–H and O–H groups in total. The van der Waals surface area contributed by atoms with Crippen LogP contribution in [0.4, 0.5) is 5.69 Å². The average Bonchev–Trinajstić information content (AvgIpc) is 3.13. The van der Waals surface area contributed by atoms with Crippen molar-refractivity contribution in [3.05, 3.63) is 75.3 Å². The molecule has 2 bridgehead atoms. The van der Waals surface area contributed by atoms with Gasteiger partial charge in [0.25, 0.3) is 5.91 Å². The summed E-state index contributed by atoms with van der Waals surface area (Å²) in [5.41, 5.74) is 5.07. The van der Waals surface area contributed by atoms with E-state index in [0.717, 1.165) is 24.1 Å². The molecule has 0 aliphatic heterocycles. The summed E-state index contributed by atoms with van der Waals surface area (Å²) in [5.74, 6) is 0.435. The number of hydrogen-bond donors (Lipinski definition) is 1. The lowest BCUT2D eigenvalue weighted by molar-refractivity contribution is 0.102. The molecule has 0 radical (unpaired) electrons. The minimum Gasteiger partial charge on any atom is -0.322 e. The Hall–Kier alpha value is -1.77. The highest BCUT2D eigenvalue weighted by Crippen LogP contribution is 2.60. The number of carbonyl (C=O) groups excluding carboxylic acids is 1. The topological polar surface area (TPSA) is 29.1 Å². The van der Waals surface area contributed by atoms with Gasteiger partial charge in [-0.15, -0.1) is 0 Å². The second-order valence-corrected chi connectivity index (χ2v) is 6.98. The van der Waals surface area contributed by atoms with Gasteiger partial charge in [0.1, 0.15) is 4.49 Å². The summed E-state index contributed by atoms with van der Waals surface area (Å²) in [6.07, 6.45) is 2.11. The Morgan fingerprint density at radius 3 is 2.43 bits per heavy atom. The Morgan fingerprint density at radius 2 is 1.70 bits per heavy atom. The van der Waals surface area contributed by atoms with Crippen molar-refractivity contribution in [2.75, 3.05) is 5.32 Å². The van der Waals surface area contributed by atoms with E-state index < -0.39 is 0 Å². The Bertz CT molecular complexity index is 809.